The van der Waals surface area contributed by atoms with Crippen LogP contribution < -0.4 is 4.74 Å². The second-order valence-electron chi connectivity index (χ2n) is 5.10. The van der Waals surface area contributed by atoms with Crippen molar-refractivity contribution in [1.82, 2.24) is 0 Å². The number of fused-ring (bicyclic) bond motifs is 2. The van der Waals surface area contributed by atoms with E-state index in [2.05, 4.69) is 0 Å². The van der Waals surface area contributed by atoms with Gasteiger partial charge < -0.3 is 14.6 Å². The van der Waals surface area contributed by atoms with Crippen molar-refractivity contribution in [2.24, 2.45) is 5.92 Å². The van der Waals surface area contributed by atoms with Crippen LogP contribution in [0.1, 0.15) is 30.9 Å². The largest absolute Gasteiger partial charge is 0.496 e. The maximum Gasteiger partial charge on any atom is 0.124 e. The molecule has 1 aromatic rings. The Kier molecular flexibility index (Phi) is 2.99. The van der Waals surface area contributed by atoms with Crippen molar-refractivity contribution in [3.05, 3.63) is 29.6 Å². The highest BCUT2D eigenvalue weighted by atomic mass is 19.1. The van der Waals surface area contributed by atoms with Crippen LogP contribution in [0.25, 0.3) is 0 Å². The number of methoxy groups -OCH3 is 1. The normalized spacial score (nSPS) is 31.6. The number of ether oxygens (including phenoxy) is 2. The summed E-state index contributed by atoms with van der Waals surface area (Å²) in [5, 5.41) is 10.5. The van der Waals surface area contributed by atoms with E-state index in [1.165, 1.54) is 19.2 Å². The minimum Gasteiger partial charge on any atom is -0.496 e. The number of aliphatic hydroxyl groups is 1. The van der Waals surface area contributed by atoms with Crippen molar-refractivity contribution < 1.29 is 19.0 Å². The summed E-state index contributed by atoms with van der Waals surface area (Å²) in [5.41, 5.74) is 0.527. The molecule has 2 aliphatic rings. The Bertz CT molecular complexity index is 449. The van der Waals surface area contributed by atoms with E-state index < -0.39 is 6.10 Å². The van der Waals surface area contributed by atoms with Gasteiger partial charge in [0.1, 0.15) is 11.6 Å². The molecule has 0 spiro atoms. The summed E-state index contributed by atoms with van der Waals surface area (Å²) in [6.07, 6.45) is 2.59. The van der Waals surface area contributed by atoms with E-state index in [9.17, 15) is 9.50 Å². The first-order valence-corrected chi connectivity index (χ1v) is 6.36. The van der Waals surface area contributed by atoms with E-state index in [1.54, 1.807) is 6.07 Å². The molecule has 2 saturated heterocycles. The quantitative estimate of drug-likeness (QED) is 0.898. The fraction of sp³-hybridized carbons (Fsp3) is 0.571. The molecule has 18 heavy (non-hydrogen) atoms. The van der Waals surface area contributed by atoms with Gasteiger partial charge in [0.15, 0.2) is 0 Å². The van der Waals surface area contributed by atoms with Gasteiger partial charge in [0.05, 0.1) is 25.4 Å². The van der Waals surface area contributed by atoms with E-state index in [1.807, 2.05) is 0 Å². The van der Waals surface area contributed by atoms with Crippen LogP contribution in [0, 0.1) is 11.7 Å². The van der Waals surface area contributed by atoms with Crippen molar-refractivity contribution in [2.75, 3.05) is 7.11 Å². The van der Waals surface area contributed by atoms with Crippen LogP contribution in [-0.4, -0.2) is 24.4 Å². The van der Waals surface area contributed by atoms with Crippen molar-refractivity contribution in [3.63, 3.8) is 0 Å². The van der Waals surface area contributed by atoms with Gasteiger partial charge in [0.25, 0.3) is 0 Å². The van der Waals surface area contributed by atoms with Crippen LogP contribution in [-0.2, 0) is 4.74 Å². The average molecular weight is 252 g/mol. The molecule has 0 saturated carbocycles. The topological polar surface area (TPSA) is 38.7 Å². The molecule has 3 nitrogen and oxygen atoms in total. The summed E-state index contributed by atoms with van der Waals surface area (Å²) >= 11 is 0. The third kappa shape index (κ3) is 1.89. The van der Waals surface area contributed by atoms with Crippen molar-refractivity contribution in [2.45, 2.75) is 37.6 Å². The molecule has 0 radical (unpaired) electrons. The molecular formula is C14H17FO3. The lowest BCUT2D eigenvalue weighted by Crippen LogP contribution is -2.24. The Morgan fingerprint density at radius 1 is 1.44 bits per heavy atom. The van der Waals surface area contributed by atoms with Crippen LogP contribution in [0.2, 0.25) is 0 Å². The Morgan fingerprint density at radius 2 is 2.28 bits per heavy atom. The molecule has 2 heterocycles. The van der Waals surface area contributed by atoms with Crippen LogP contribution in [0.15, 0.2) is 18.2 Å². The maximum atomic E-state index is 13.3. The lowest BCUT2D eigenvalue weighted by molar-refractivity contribution is 0.0410. The molecule has 4 atom stereocenters. The molecule has 2 fully saturated rings. The lowest BCUT2D eigenvalue weighted by atomic mass is 9.82. The fourth-order valence-electron chi connectivity index (χ4n) is 3.18. The van der Waals surface area contributed by atoms with E-state index >= 15 is 0 Å². The molecule has 0 aliphatic carbocycles. The molecule has 4 heteroatoms. The van der Waals surface area contributed by atoms with E-state index in [4.69, 9.17) is 9.47 Å². The van der Waals surface area contributed by atoms with Gasteiger partial charge in [-0.1, -0.05) is 0 Å². The summed E-state index contributed by atoms with van der Waals surface area (Å²) in [6.45, 7) is 0. The Labute approximate surface area is 106 Å². The Morgan fingerprint density at radius 3 is 2.89 bits per heavy atom. The van der Waals surface area contributed by atoms with Crippen molar-refractivity contribution in [3.8, 4) is 5.75 Å². The maximum absolute atomic E-state index is 13.3. The van der Waals surface area contributed by atoms with Crippen LogP contribution >= 0.6 is 0 Å². The van der Waals surface area contributed by atoms with Gasteiger partial charge in [-0.15, -0.1) is 0 Å². The molecule has 0 aromatic heterocycles. The average Bonchev–Trinajstić information content (AvgIpc) is 3.00. The Balaban J connectivity index is 1.87. The summed E-state index contributed by atoms with van der Waals surface area (Å²) in [6, 6.07) is 4.25. The van der Waals surface area contributed by atoms with Crippen molar-refractivity contribution in [1.29, 1.82) is 0 Å². The smallest absolute Gasteiger partial charge is 0.124 e. The SMILES string of the molecule is COc1ccc(F)cc1C(O)C1CC2CCC1O2. The molecule has 2 bridgehead atoms. The molecule has 1 N–H and O–H groups in total. The molecule has 0 amide bonds. The van der Waals surface area contributed by atoms with Gasteiger partial charge >= 0.3 is 0 Å². The third-order valence-electron chi connectivity index (χ3n) is 4.07. The van der Waals surface area contributed by atoms with Gasteiger partial charge in [-0.05, 0) is 37.5 Å². The molecule has 1 aromatic carbocycles. The number of hydrogen-bond donors (Lipinski definition) is 1. The van der Waals surface area contributed by atoms with E-state index in [0.717, 1.165) is 19.3 Å². The van der Waals surface area contributed by atoms with Crippen molar-refractivity contribution >= 4 is 0 Å². The Hall–Kier alpha value is -1.13. The zero-order chi connectivity index (χ0) is 12.7. The number of benzene rings is 1. The highest BCUT2D eigenvalue weighted by Crippen LogP contribution is 2.46. The predicted molar refractivity (Wildman–Crippen MR) is 63.9 cm³/mol. The number of aliphatic hydroxyl groups excluding tert-OH is 1. The molecule has 98 valence electrons. The van der Waals surface area contributed by atoms with Crippen LogP contribution in [0.3, 0.4) is 0 Å². The van der Waals surface area contributed by atoms with Gasteiger partial charge in [-0.3, -0.25) is 0 Å². The number of halogens is 1. The van der Waals surface area contributed by atoms with Gasteiger partial charge in [0.2, 0.25) is 0 Å². The van der Waals surface area contributed by atoms with E-state index in [0.29, 0.717) is 11.3 Å². The highest BCUT2D eigenvalue weighted by Gasteiger charge is 2.44. The third-order valence-corrected chi connectivity index (χ3v) is 4.07. The second-order valence-corrected chi connectivity index (χ2v) is 5.10. The summed E-state index contributed by atoms with van der Waals surface area (Å²) in [7, 11) is 1.53. The summed E-state index contributed by atoms with van der Waals surface area (Å²) < 4.78 is 24.3. The monoisotopic (exact) mass is 252 g/mol. The number of rotatable bonds is 3. The second kappa shape index (κ2) is 4.52. The molecule has 2 aliphatic heterocycles. The van der Waals surface area contributed by atoms with Gasteiger partial charge in [0, 0.05) is 11.5 Å². The molecular weight excluding hydrogens is 235 g/mol. The van der Waals surface area contributed by atoms with Gasteiger partial charge in [-0.25, -0.2) is 4.39 Å². The summed E-state index contributed by atoms with van der Waals surface area (Å²) in [5.74, 6) is 0.236. The van der Waals surface area contributed by atoms with Crippen LogP contribution in [0.5, 0.6) is 5.75 Å². The molecule has 4 unspecified atom stereocenters. The first-order valence-electron chi connectivity index (χ1n) is 6.36. The van der Waals surface area contributed by atoms with E-state index in [-0.39, 0.29) is 23.9 Å². The lowest BCUT2D eigenvalue weighted by Gasteiger charge is -2.25. The van der Waals surface area contributed by atoms with Gasteiger partial charge in [-0.2, -0.15) is 0 Å². The predicted octanol–water partition coefficient (Wildman–Crippen LogP) is 2.44. The molecule has 3 rings (SSSR count). The number of hydrogen-bond acceptors (Lipinski definition) is 3. The van der Waals surface area contributed by atoms with Crippen LogP contribution in [0.4, 0.5) is 4.39 Å². The first-order chi connectivity index (χ1) is 8.69. The standard InChI is InChI=1S/C14H17FO3/c1-17-12-4-2-8(15)6-10(12)14(16)11-7-9-3-5-13(11)18-9/h2,4,6,9,11,13-14,16H,3,5,7H2,1H3. The zero-order valence-electron chi connectivity index (χ0n) is 10.3. The zero-order valence-corrected chi connectivity index (χ0v) is 10.3. The highest BCUT2D eigenvalue weighted by molar-refractivity contribution is 5.36. The first kappa shape index (κ1) is 11.9. The minimum atomic E-state index is -0.717. The minimum absolute atomic E-state index is 0.0550. The summed E-state index contributed by atoms with van der Waals surface area (Å²) in [4.78, 5) is 0. The fourth-order valence-corrected chi connectivity index (χ4v) is 3.18.